The number of nitrogens with one attached hydrogen (secondary N) is 1. The maximum absolute atomic E-state index is 12.3. The molecule has 0 heterocycles. The first-order chi connectivity index (χ1) is 5.96. The molecule has 0 saturated heterocycles. The molecule has 0 aliphatic rings. The molecule has 0 aliphatic carbocycles. The van der Waals surface area contributed by atoms with E-state index in [0.29, 0.717) is 0 Å². The molecule has 1 N–H and O–H groups in total. The third kappa shape index (κ3) is 2.06. The quantitative estimate of drug-likeness (QED) is 0.748. The predicted octanol–water partition coefficient (Wildman–Crippen LogP) is 3.40. The fourth-order valence-electron chi connectivity index (χ4n) is 0.944. The van der Waals surface area contributed by atoms with Crippen molar-refractivity contribution in [1.29, 1.82) is 0 Å². The van der Waals surface area contributed by atoms with E-state index in [1.165, 1.54) is 19.2 Å². The van der Waals surface area contributed by atoms with Gasteiger partial charge in [-0.15, -0.1) is 0 Å². The van der Waals surface area contributed by atoms with Gasteiger partial charge in [0.2, 0.25) is 0 Å². The number of anilines is 1. The van der Waals surface area contributed by atoms with Crippen molar-refractivity contribution in [3.63, 3.8) is 0 Å². The zero-order valence-corrected chi connectivity index (χ0v) is 7.50. The lowest BCUT2D eigenvalue weighted by Gasteiger charge is -2.11. The Balaban J connectivity index is 3.24. The SMILES string of the molecule is CNc1cccc(C(F)(F)F)c1Cl. The molecule has 1 aromatic rings. The highest BCUT2D eigenvalue weighted by atomic mass is 35.5. The van der Waals surface area contributed by atoms with Gasteiger partial charge in [0, 0.05) is 7.05 Å². The molecule has 0 aromatic heterocycles. The van der Waals surface area contributed by atoms with E-state index in [-0.39, 0.29) is 10.7 Å². The Kier molecular flexibility index (Phi) is 2.71. The molecular formula is C8H7ClF3N. The average Bonchev–Trinajstić information content (AvgIpc) is 2.02. The lowest BCUT2D eigenvalue weighted by molar-refractivity contribution is -0.137. The minimum absolute atomic E-state index is 0.275. The van der Waals surface area contributed by atoms with Crippen LogP contribution in [0.4, 0.5) is 18.9 Å². The highest BCUT2D eigenvalue weighted by Crippen LogP contribution is 2.37. The van der Waals surface area contributed by atoms with Gasteiger partial charge in [0.1, 0.15) is 0 Å². The van der Waals surface area contributed by atoms with Crippen molar-refractivity contribution in [2.75, 3.05) is 12.4 Å². The van der Waals surface area contributed by atoms with Crippen LogP contribution in [0.25, 0.3) is 0 Å². The van der Waals surface area contributed by atoms with Crippen LogP contribution in [-0.2, 0) is 6.18 Å². The number of rotatable bonds is 1. The van der Waals surface area contributed by atoms with Crippen LogP contribution in [0, 0.1) is 0 Å². The Morgan fingerprint density at radius 3 is 2.38 bits per heavy atom. The largest absolute Gasteiger partial charge is 0.417 e. The molecular weight excluding hydrogens is 203 g/mol. The zero-order chi connectivity index (χ0) is 10.1. The predicted molar refractivity (Wildman–Crippen MR) is 46.0 cm³/mol. The standard InChI is InChI=1S/C8H7ClF3N/c1-13-6-4-2-3-5(7(6)9)8(10,11)12/h2-4,13H,1H3. The number of alkyl halides is 3. The number of halogens is 4. The number of benzene rings is 1. The summed E-state index contributed by atoms with van der Waals surface area (Å²) >= 11 is 5.51. The van der Waals surface area contributed by atoms with E-state index in [4.69, 9.17) is 11.6 Å². The van der Waals surface area contributed by atoms with E-state index >= 15 is 0 Å². The van der Waals surface area contributed by atoms with Gasteiger partial charge in [0.15, 0.2) is 0 Å². The van der Waals surface area contributed by atoms with Gasteiger partial charge in [-0.05, 0) is 12.1 Å². The molecule has 0 atom stereocenters. The molecule has 0 spiro atoms. The van der Waals surface area contributed by atoms with Gasteiger partial charge in [0.25, 0.3) is 0 Å². The molecule has 1 rings (SSSR count). The minimum Gasteiger partial charge on any atom is -0.387 e. The minimum atomic E-state index is -4.40. The van der Waals surface area contributed by atoms with Crippen LogP contribution in [0.1, 0.15) is 5.56 Å². The molecule has 0 aliphatic heterocycles. The molecule has 1 aromatic carbocycles. The van der Waals surface area contributed by atoms with E-state index in [1.807, 2.05) is 0 Å². The van der Waals surface area contributed by atoms with Gasteiger partial charge in [-0.3, -0.25) is 0 Å². The first-order valence-corrected chi connectivity index (χ1v) is 3.88. The van der Waals surface area contributed by atoms with Crippen LogP contribution in [0.2, 0.25) is 5.02 Å². The Hall–Kier alpha value is -0.900. The van der Waals surface area contributed by atoms with Crippen molar-refractivity contribution in [2.24, 2.45) is 0 Å². The van der Waals surface area contributed by atoms with Crippen LogP contribution < -0.4 is 5.32 Å². The van der Waals surface area contributed by atoms with Crippen LogP contribution >= 0.6 is 11.6 Å². The van der Waals surface area contributed by atoms with Gasteiger partial charge >= 0.3 is 6.18 Å². The van der Waals surface area contributed by atoms with Crippen molar-refractivity contribution in [3.8, 4) is 0 Å². The summed E-state index contributed by atoms with van der Waals surface area (Å²) in [6.45, 7) is 0. The summed E-state index contributed by atoms with van der Waals surface area (Å²) in [5.41, 5.74) is -0.544. The summed E-state index contributed by atoms with van der Waals surface area (Å²) in [4.78, 5) is 0. The Labute approximate surface area is 78.5 Å². The summed E-state index contributed by atoms with van der Waals surface area (Å²) in [7, 11) is 1.52. The Morgan fingerprint density at radius 2 is 1.92 bits per heavy atom. The smallest absolute Gasteiger partial charge is 0.387 e. The van der Waals surface area contributed by atoms with E-state index in [9.17, 15) is 13.2 Å². The van der Waals surface area contributed by atoms with Gasteiger partial charge < -0.3 is 5.32 Å². The lowest BCUT2D eigenvalue weighted by atomic mass is 10.2. The maximum atomic E-state index is 12.3. The van der Waals surface area contributed by atoms with Crippen molar-refractivity contribution < 1.29 is 13.2 Å². The third-order valence-electron chi connectivity index (χ3n) is 1.57. The monoisotopic (exact) mass is 209 g/mol. The molecule has 5 heteroatoms. The number of hydrogen-bond donors (Lipinski definition) is 1. The summed E-state index contributed by atoms with van der Waals surface area (Å²) in [5.74, 6) is 0. The summed E-state index contributed by atoms with van der Waals surface area (Å²) < 4.78 is 36.8. The average molecular weight is 210 g/mol. The van der Waals surface area contributed by atoms with E-state index < -0.39 is 11.7 Å². The van der Waals surface area contributed by atoms with Crippen molar-refractivity contribution in [1.82, 2.24) is 0 Å². The first kappa shape index (κ1) is 10.2. The lowest BCUT2D eigenvalue weighted by Crippen LogP contribution is -2.06. The second-order valence-corrected chi connectivity index (χ2v) is 2.79. The van der Waals surface area contributed by atoms with Crippen molar-refractivity contribution >= 4 is 17.3 Å². The highest BCUT2D eigenvalue weighted by molar-refractivity contribution is 6.34. The van der Waals surface area contributed by atoms with Gasteiger partial charge in [0.05, 0.1) is 16.3 Å². The normalized spacial score (nSPS) is 11.5. The third-order valence-corrected chi connectivity index (χ3v) is 1.98. The molecule has 0 amide bonds. The van der Waals surface area contributed by atoms with Crippen LogP contribution in [-0.4, -0.2) is 7.05 Å². The Morgan fingerprint density at radius 1 is 1.31 bits per heavy atom. The van der Waals surface area contributed by atoms with Crippen LogP contribution in [0.3, 0.4) is 0 Å². The molecule has 72 valence electrons. The van der Waals surface area contributed by atoms with Crippen molar-refractivity contribution in [2.45, 2.75) is 6.18 Å². The fraction of sp³-hybridized carbons (Fsp3) is 0.250. The molecule has 0 bridgehead atoms. The molecule has 13 heavy (non-hydrogen) atoms. The molecule has 0 radical (unpaired) electrons. The topological polar surface area (TPSA) is 12.0 Å². The van der Waals surface area contributed by atoms with Crippen LogP contribution in [0.15, 0.2) is 18.2 Å². The first-order valence-electron chi connectivity index (χ1n) is 3.50. The molecule has 0 saturated carbocycles. The van der Waals surface area contributed by atoms with Crippen LogP contribution in [0.5, 0.6) is 0 Å². The Bertz CT molecular complexity index is 309. The van der Waals surface area contributed by atoms with Gasteiger partial charge in [-0.1, -0.05) is 17.7 Å². The molecule has 0 fully saturated rings. The number of hydrogen-bond acceptors (Lipinski definition) is 1. The molecule has 1 nitrogen and oxygen atoms in total. The van der Waals surface area contributed by atoms with E-state index in [2.05, 4.69) is 5.32 Å². The fourth-order valence-corrected chi connectivity index (χ4v) is 1.27. The summed E-state index contributed by atoms with van der Waals surface area (Å²) in [6.07, 6.45) is -4.40. The van der Waals surface area contributed by atoms with E-state index in [1.54, 1.807) is 0 Å². The zero-order valence-electron chi connectivity index (χ0n) is 6.74. The van der Waals surface area contributed by atoms with Gasteiger partial charge in [-0.25, -0.2) is 0 Å². The summed E-state index contributed by atoms with van der Waals surface area (Å²) in [5, 5.41) is 2.28. The van der Waals surface area contributed by atoms with Gasteiger partial charge in [-0.2, -0.15) is 13.2 Å². The summed E-state index contributed by atoms with van der Waals surface area (Å²) in [6, 6.07) is 3.74. The maximum Gasteiger partial charge on any atom is 0.417 e. The molecule has 0 unspecified atom stereocenters. The van der Waals surface area contributed by atoms with Crippen molar-refractivity contribution in [3.05, 3.63) is 28.8 Å². The van der Waals surface area contributed by atoms with E-state index in [0.717, 1.165) is 6.07 Å². The second kappa shape index (κ2) is 3.46. The highest BCUT2D eigenvalue weighted by Gasteiger charge is 2.33. The second-order valence-electron chi connectivity index (χ2n) is 2.41.